The first-order valence-electron chi connectivity index (χ1n) is 11.1. The number of hydrogen-bond donors (Lipinski definition) is 2. The van der Waals surface area contributed by atoms with Gasteiger partial charge in [0.2, 0.25) is 0 Å². The third kappa shape index (κ3) is 5.59. The predicted molar refractivity (Wildman–Crippen MR) is 123 cm³/mol. The van der Waals surface area contributed by atoms with Gasteiger partial charge in [-0.05, 0) is 43.4 Å². The topological polar surface area (TPSA) is 77.4 Å². The van der Waals surface area contributed by atoms with Gasteiger partial charge in [0.25, 0.3) is 5.91 Å². The average Bonchev–Trinajstić information content (AvgIpc) is 3.13. The van der Waals surface area contributed by atoms with E-state index in [9.17, 15) is 18.0 Å². The number of fused-ring (bicyclic) bond motifs is 1. The van der Waals surface area contributed by atoms with Crippen molar-refractivity contribution in [2.24, 2.45) is 5.41 Å². The molecular formula is C24H33F3N4O3. The maximum atomic E-state index is 14.0. The molecule has 2 heterocycles. The number of hydrogen-bond acceptors (Lipinski definition) is 5. The first-order valence-corrected chi connectivity index (χ1v) is 11.1. The van der Waals surface area contributed by atoms with E-state index in [1.807, 2.05) is 13.8 Å². The number of benzene rings is 1. The minimum atomic E-state index is -4.54. The van der Waals surface area contributed by atoms with Crippen molar-refractivity contribution in [3.8, 4) is 11.5 Å². The maximum absolute atomic E-state index is 14.0. The standard InChI is InChI=1S/C24H33F3N4O3/c1-22(2,3)13-23(4,5)30-21(32)15-12-28-31-19(24(25,26)27)11-16(29-20(15)31)14-8-9-17(33-6)18(10-14)34-7/h8-10,12,16,19,29H,11,13H2,1-7H3,(H,30,32)/t16-,19+/m1/s1. The zero-order valence-corrected chi connectivity index (χ0v) is 20.6. The van der Waals surface area contributed by atoms with Gasteiger partial charge in [-0.15, -0.1) is 0 Å². The summed E-state index contributed by atoms with van der Waals surface area (Å²) in [6.45, 7) is 9.97. The molecule has 0 bridgehead atoms. The second-order valence-electron chi connectivity index (χ2n) is 10.5. The van der Waals surface area contributed by atoms with Gasteiger partial charge in [-0.2, -0.15) is 18.3 Å². The van der Waals surface area contributed by atoms with Gasteiger partial charge in [0.1, 0.15) is 11.4 Å². The summed E-state index contributed by atoms with van der Waals surface area (Å²) in [5.41, 5.74) is 0.0402. The summed E-state index contributed by atoms with van der Waals surface area (Å²) in [6, 6.07) is 2.37. The highest BCUT2D eigenvalue weighted by atomic mass is 19.4. The summed E-state index contributed by atoms with van der Waals surface area (Å²) in [4.78, 5) is 13.1. The molecule has 7 nitrogen and oxygen atoms in total. The number of alkyl halides is 3. The molecule has 0 fully saturated rings. The van der Waals surface area contributed by atoms with Crippen molar-refractivity contribution in [2.75, 3.05) is 19.5 Å². The third-order valence-electron chi connectivity index (χ3n) is 5.72. The zero-order chi connectivity index (χ0) is 25.5. The van der Waals surface area contributed by atoms with Gasteiger partial charge in [-0.3, -0.25) is 4.79 Å². The van der Waals surface area contributed by atoms with E-state index in [1.165, 1.54) is 20.4 Å². The molecule has 1 aliphatic rings. The molecule has 0 unspecified atom stereocenters. The molecule has 0 aliphatic carbocycles. The molecule has 0 spiro atoms. The zero-order valence-electron chi connectivity index (χ0n) is 20.6. The fraction of sp³-hybridized carbons (Fsp3) is 0.583. The molecule has 34 heavy (non-hydrogen) atoms. The monoisotopic (exact) mass is 482 g/mol. The second kappa shape index (κ2) is 9.03. The molecule has 0 saturated heterocycles. The molecule has 1 amide bonds. The fourth-order valence-electron chi connectivity index (χ4n) is 4.76. The van der Waals surface area contributed by atoms with Gasteiger partial charge in [-0.25, -0.2) is 4.68 Å². The van der Waals surface area contributed by atoms with Crippen molar-refractivity contribution in [2.45, 2.75) is 71.3 Å². The fourth-order valence-corrected chi connectivity index (χ4v) is 4.76. The highest BCUT2D eigenvalue weighted by Gasteiger charge is 2.47. The molecule has 1 aromatic carbocycles. The number of methoxy groups -OCH3 is 2. The van der Waals surface area contributed by atoms with Gasteiger partial charge in [0.15, 0.2) is 17.5 Å². The van der Waals surface area contributed by atoms with Crippen LogP contribution in [0.15, 0.2) is 24.4 Å². The number of nitrogens with zero attached hydrogens (tertiary/aromatic N) is 2. The third-order valence-corrected chi connectivity index (χ3v) is 5.72. The van der Waals surface area contributed by atoms with Crippen molar-refractivity contribution in [1.82, 2.24) is 15.1 Å². The van der Waals surface area contributed by atoms with Gasteiger partial charge in [0, 0.05) is 12.0 Å². The molecule has 2 atom stereocenters. The van der Waals surface area contributed by atoms with E-state index < -0.39 is 29.7 Å². The Morgan fingerprint density at radius 1 is 1.15 bits per heavy atom. The van der Waals surface area contributed by atoms with Crippen molar-refractivity contribution in [3.05, 3.63) is 35.5 Å². The molecule has 188 valence electrons. The van der Waals surface area contributed by atoms with Crippen LogP contribution in [-0.4, -0.2) is 41.6 Å². The van der Waals surface area contributed by atoms with Crippen molar-refractivity contribution >= 4 is 11.7 Å². The van der Waals surface area contributed by atoms with E-state index in [2.05, 4.69) is 36.5 Å². The first-order chi connectivity index (χ1) is 15.6. The van der Waals surface area contributed by atoms with Crippen LogP contribution in [0.3, 0.4) is 0 Å². The molecule has 2 aromatic rings. The number of halogens is 3. The van der Waals surface area contributed by atoms with Gasteiger partial charge in [-0.1, -0.05) is 26.8 Å². The predicted octanol–water partition coefficient (Wildman–Crippen LogP) is 5.51. The van der Waals surface area contributed by atoms with Crippen LogP contribution in [-0.2, 0) is 0 Å². The van der Waals surface area contributed by atoms with Crippen LogP contribution in [0.25, 0.3) is 0 Å². The average molecular weight is 483 g/mol. The molecule has 3 rings (SSSR count). The van der Waals surface area contributed by atoms with Crippen LogP contribution < -0.4 is 20.1 Å². The van der Waals surface area contributed by atoms with Crippen molar-refractivity contribution in [3.63, 3.8) is 0 Å². The number of carbonyl (C=O) groups is 1. The Balaban J connectivity index is 1.97. The number of aromatic nitrogens is 2. The van der Waals surface area contributed by atoms with E-state index in [-0.39, 0.29) is 23.2 Å². The summed E-state index contributed by atoms with van der Waals surface area (Å²) in [5.74, 6) is 0.446. The molecular weight excluding hydrogens is 449 g/mol. The molecule has 0 radical (unpaired) electrons. The largest absolute Gasteiger partial charge is 0.493 e. The highest BCUT2D eigenvalue weighted by Crippen LogP contribution is 2.45. The lowest BCUT2D eigenvalue weighted by Gasteiger charge is -2.35. The van der Waals surface area contributed by atoms with Crippen molar-refractivity contribution in [1.29, 1.82) is 0 Å². The van der Waals surface area contributed by atoms with Crippen LogP contribution in [0.5, 0.6) is 11.5 Å². The van der Waals surface area contributed by atoms with Crippen LogP contribution in [0.1, 0.15) is 75.5 Å². The number of carbonyl (C=O) groups excluding carboxylic acids is 1. The lowest BCUT2D eigenvalue weighted by molar-refractivity contribution is -0.173. The Bertz CT molecular complexity index is 1040. The molecule has 1 aromatic heterocycles. The minimum Gasteiger partial charge on any atom is -0.493 e. The SMILES string of the molecule is COc1ccc([C@H]2C[C@@H](C(F)(F)F)n3ncc(C(=O)NC(C)(C)CC(C)(C)C)c3N2)cc1OC. The van der Waals surface area contributed by atoms with E-state index in [0.29, 0.717) is 23.5 Å². The van der Waals surface area contributed by atoms with E-state index >= 15 is 0 Å². The number of rotatable bonds is 6. The van der Waals surface area contributed by atoms with Crippen LogP contribution >= 0.6 is 0 Å². The van der Waals surface area contributed by atoms with Crippen LogP contribution in [0, 0.1) is 5.41 Å². The molecule has 1 aliphatic heterocycles. The van der Waals surface area contributed by atoms with Gasteiger partial charge < -0.3 is 20.1 Å². The molecule has 10 heteroatoms. The Hall–Kier alpha value is -2.91. The Labute approximate surface area is 198 Å². The van der Waals surface area contributed by atoms with E-state index in [1.54, 1.807) is 18.2 Å². The second-order valence-corrected chi connectivity index (χ2v) is 10.5. The summed E-state index contributed by atoms with van der Waals surface area (Å²) < 4.78 is 53.4. The van der Waals surface area contributed by atoms with Crippen LogP contribution in [0.2, 0.25) is 0 Å². The summed E-state index contributed by atoms with van der Waals surface area (Å²) in [6.07, 6.45) is -2.95. The molecule has 0 saturated carbocycles. The number of nitrogens with one attached hydrogen (secondary N) is 2. The van der Waals surface area contributed by atoms with Gasteiger partial charge >= 0.3 is 6.18 Å². The lowest BCUT2D eigenvalue weighted by Crippen LogP contribution is -2.46. The lowest BCUT2D eigenvalue weighted by atomic mass is 9.81. The number of anilines is 1. The Morgan fingerprint density at radius 2 is 1.79 bits per heavy atom. The van der Waals surface area contributed by atoms with Crippen molar-refractivity contribution < 1.29 is 27.4 Å². The number of ether oxygens (including phenoxy) is 2. The number of amides is 1. The Kier molecular flexibility index (Phi) is 6.83. The first kappa shape index (κ1) is 25.7. The highest BCUT2D eigenvalue weighted by molar-refractivity contribution is 5.99. The maximum Gasteiger partial charge on any atom is 0.410 e. The van der Waals surface area contributed by atoms with Gasteiger partial charge in [0.05, 0.1) is 26.5 Å². The van der Waals surface area contributed by atoms with E-state index in [0.717, 1.165) is 4.68 Å². The Morgan fingerprint density at radius 3 is 2.35 bits per heavy atom. The normalized spacial score (nSPS) is 18.6. The smallest absolute Gasteiger partial charge is 0.410 e. The summed E-state index contributed by atoms with van der Waals surface area (Å²) in [5, 5.41) is 10.0. The molecule has 2 N–H and O–H groups in total. The quantitative estimate of drug-likeness (QED) is 0.568. The minimum absolute atomic E-state index is 0.0393. The van der Waals surface area contributed by atoms with E-state index in [4.69, 9.17) is 9.47 Å². The summed E-state index contributed by atoms with van der Waals surface area (Å²) >= 11 is 0. The summed E-state index contributed by atoms with van der Waals surface area (Å²) in [7, 11) is 2.95. The van der Waals surface area contributed by atoms with Crippen LogP contribution in [0.4, 0.5) is 19.0 Å².